The molecule has 0 spiro atoms. The molecule has 1 saturated heterocycles. The van der Waals surface area contributed by atoms with Crippen molar-refractivity contribution in [2.75, 3.05) is 64.4 Å². The third-order valence-electron chi connectivity index (χ3n) is 4.55. The van der Waals surface area contributed by atoms with Gasteiger partial charge in [0.25, 0.3) is 0 Å². The van der Waals surface area contributed by atoms with Gasteiger partial charge in [-0.15, -0.1) is 0 Å². The number of hydrogen-bond donors (Lipinski definition) is 2. The Kier molecular flexibility index (Phi) is 7.80. The fraction of sp³-hybridized carbons (Fsp3) is 0.625. The van der Waals surface area contributed by atoms with E-state index in [2.05, 4.69) is 23.7 Å². The molecule has 9 heteroatoms. The highest BCUT2D eigenvalue weighted by Crippen LogP contribution is 2.25. The second-order valence-corrected chi connectivity index (χ2v) is 8.63. The number of likely N-dealkylation sites (N-methyl/N-ethyl adjacent to an activating group) is 2. The molecule has 0 aliphatic carbocycles. The van der Waals surface area contributed by atoms with Gasteiger partial charge in [-0.2, -0.15) is 0 Å². The molecule has 0 atom stereocenters. The molecule has 2 N–H and O–H groups in total. The fourth-order valence-electron chi connectivity index (χ4n) is 2.90. The number of phenolic OH excluding ortho intramolecular Hbond substituents is 1. The molecule has 0 unspecified atom stereocenters. The van der Waals surface area contributed by atoms with Crippen molar-refractivity contribution in [3.8, 4) is 11.5 Å². The van der Waals surface area contributed by atoms with Gasteiger partial charge in [0.05, 0.1) is 45.2 Å². The Hall–Kier alpha value is -1.22. The SMILES string of the molecule is COc1cc(O)cc(NS(=O)(=O)CCC[N+]2(C)CCN(C)CC2)c1.[Cl-]. The highest BCUT2D eigenvalue weighted by molar-refractivity contribution is 7.92. The molecule has 2 rings (SSSR count). The van der Waals surface area contributed by atoms with E-state index in [-0.39, 0.29) is 23.9 Å². The van der Waals surface area contributed by atoms with Crippen LogP contribution >= 0.6 is 0 Å². The Bertz CT molecular complexity index is 661. The van der Waals surface area contributed by atoms with E-state index in [1.54, 1.807) is 6.07 Å². The number of methoxy groups -OCH3 is 1. The van der Waals surface area contributed by atoms with Gasteiger partial charge in [-0.05, 0) is 7.05 Å². The predicted octanol–water partition coefficient (Wildman–Crippen LogP) is -2.07. The van der Waals surface area contributed by atoms with Gasteiger partial charge in [0.2, 0.25) is 10.0 Å². The lowest BCUT2D eigenvalue weighted by Gasteiger charge is -2.41. The fourth-order valence-corrected chi connectivity index (χ4v) is 3.99. The maximum Gasteiger partial charge on any atom is 0.232 e. The number of quaternary nitrogens is 1. The molecule has 0 saturated carbocycles. The Morgan fingerprint density at radius 1 is 1.28 bits per heavy atom. The largest absolute Gasteiger partial charge is 1.00 e. The van der Waals surface area contributed by atoms with Crippen molar-refractivity contribution in [3.63, 3.8) is 0 Å². The second kappa shape index (κ2) is 8.93. The first kappa shape index (κ1) is 21.8. The Labute approximate surface area is 156 Å². The number of phenols is 1. The number of ether oxygens (including phenoxy) is 1. The summed E-state index contributed by atoms with van der Waals surface area (Å²) in [6, 6.07) is 4.34. The molecular formula is C16H28ClN3O4S. The van der Waals surface area contributed by atoms with Crippen LogP contribution in [0.5, 0.6) is 11.5 Å². The van der Waals surface area contributed by atoms with Gasteiger partial charge in [-0.25, -0.2) is 8.42 Å². The molecular weight excluding hydrogens is 366 g/mol. The highest BCUT2D eigenvalue weighted by Gasteiger charge is 2.27. The number of aromatic hydroxyl groups is 1. The van der Waals surface area contributed by atoms with Crippen LogP contribution in [-0.2, 0) is 10.0 Å². The van der Waals surface area contributed by atoms with Crippen LogP contribution in [0, 0.1) is 0 Å². The average Bonchev–Trinajstić information content (AvgIpc) is 2.49. The number of sulfonamides is 1. The third-order valence-corrected chi connectivity index (χ3v) is 5.93. The van der Waals surface area contributed by atoms with E-state index in [1.807, 2.05) is 0 Å². The van der Waals surface area contributed by atoms with Gasteiger partial charge in [-0.1, -0.05) is 0 Å². The zero-order valence-electron chi connectivity index (χ0n) is 15.0. The first-order chi connectivity index (χ1) is 11.2. The van der Waals surface area contributed by atoms with E-state index in [0.717, 1.165) is 37.2 Å². The van der Waals surface area contributed by atoms with Gasteiger partial charge < -0.3 is 26.7 Å². The average molecular weight is 394 g/mol. The van der Waals surface area contributed by atoms with Gasteiger partial charge in [0.15, 0.2) is 0 Å². The van der Waals surface area contributed by atoms with Crippen LogP contribution in [0.3, 0.4) is 0 Å². The topological polar surface area (TPSA) is 78.9 Å². The van der Waals surface area contributed by atoms with E-state index in [4.69, 9.17) is 4.74 Å². The number of nitrogens with one attached hydrogen (secondary N) is 1. The first-order valence-corrected chi connectivity index (χ1v) is 9.77. The molecule has 0 aromatic heterocycles. The van der Waals surface area contributed by atoms with Crippen molar-refractivity contribution in [2.24, 2.45) is 0 Å². The van der Waals surface area contributed by atoms with E-state index < -0.39 is 10.0 Å². The maximum absolute atomic E-state index is 12.3. The van der Waals surface area contributed by atoms with Gasteiger partial charge in [0, 0.05) is 37.7 Å². The van der Waals surface area contributed by atoms with Crippen molar-refractivity contribution < 1.29 is 35.2 Å². The molecule has 1 aromatic carbocycles. The lowest BCUT2D eigenvalue weighted by atomic mass is 10.2. The molecule has 0 bridgehead atoms. The quantitative estimate of drug-likeness (QED) is 0.520. The van der Waals surface area contributed by atoms with Crippen molar-refractivity contribution in [3.05, 3.63) is 18.2 Å². The number of piperazine rings is 1. The summed E-state index contributed by atoms with van der Waals surface area (Å²) >= 11 is 0. The Morgan fingerprint density at radius 3 is 2.52 bits per heavy atom. The smallest absolute Gasteiger partial charge is 0.232 e. The summed E-state index contributed by atoms with van der Waals surface area (Å²) in [7, 11) is 2.31. The minimum atomic E-state index is -3.45. The summed E-state index contributed by atoms with van der Waals surface area (Å²) in [5, 5.41) is 9.60. The van der Waals surface area contributed by atoms with Crippen molar-refractivity contribution in [2.45, 2.75) is 6.42 Å². The van der Waals surface area contributed by atoms with E-state index in [9.17, 15) is 13.5 Å². The summed E-state index contributed by atoms with van der Waals surface area (Å²) in [4.78, 5) is 2.30. The molecule has 144 valence electrons. The second-order valence-electron chi connectivity index (χ2n) is 6.79. The van der Waals surface area contributed by atoms with Crippen LogP contribution in [-0.4, -0.2) is 82.6 Å². The number of rotatable bonds is 7. The molecule has 1 aromatic rings. The van der Waals surface area contributed by atoms with Crippen LogP contribution < -0.4 is 21.9 Å². The van der Waals surface area contributed by atoms with Crippen LogP contribution in [0.2, 0.25) is 0 Å². The van der Waals surface area contributed by atoms with Crippen molar-refractivity contribution >= 4 is 15.7 Å². The highest BCUT2D eigenvalue weighted by atomic mass is 35.5. The van der Waals surface area contributed by atoms with Crippen LogP contribution in [0.1, 0.15) is 6.42 Å². The summed E-state index contributed by atoms with van der Waals surface area (Å²) in [6.07, 6.45) is 0.603. The molecule has 1 fully saturated rings. The monoisotopic (exact) mass is 393 g/mol. The third kappa shape index (κ3) is 6.89. The summed E-state index contributed by atoms with van der Waals surface area (Å²) in [6.45, 7) is 5.04. The van der Waals surface area contributed by atoms with Crippen LogP contribution in [0.25, 0.3) is 0 Å². The zero-order chi connectivity index (χ0) is 17.8. The lowest BCUT2D eigenvalue weighted by molar-refractivity contribution is -0.913. The molecule has 7 nitrogen and oxygen atoms in total. The molecule has 25 heavy (non-hydrogen) atoms. The van der Waals surface area contributed by atoms with E-state index in [1.165, 1.54) is 19.2 Å². The number of halogens is 1. The zero-order valence-corrected chi connectivity index (χ0v) is 16.6. The predicted molar refractivity (Wildman–Crippen MR) is 95.0 cm³/mol. The van der Waals surface area contributed by atoms with E-state index >= 15 is 0 Å². The Balaban J connectivity index is 0.00000312. The summed E-state index contributed by atoms with van der Waals surface area (Å²) in [5.74, 6) is 0.431. The number of anilines is 1. The summed E-state index contributed by atoms with van der Waals surface area (Å²) < 4.78 is 33.0. The van der Waals surface area contributed by atoms with Crippen LogP contribution in [0.15, 0.2) is 18.2 Å². The molecule has 1 aliphatic rings. The number of nitrogens with zero attached hydrogens (tertiary/aromatic N) is 2. The standard InChI is InChI=1S/C16H27N3O4S.ClH/c1-18-5-8-19(2,9-6-18)7-4-10-24(21,22)17-14-11-15(20)13-16(12-14)23-3;/h11-13,17H,4-10H2,1-3H3;1H. The summed E-state index contributed by atoms with van der Waals surface area (Å²) in [5.41, 5.74) is 0.312. The van der Waals surface area contributed by atoms with Crippen molar-refractivity contribution in [1.29, 1.82) is 0 Å². The maximum atomic E-state index is 12.3. The van der Waals surface area contributed by atoms with Crippen molar-refractivity contribution in [1.82, 2.24) is 4.90 Å². The molecule has 1 aliphatic heterocycles. The van der Waals surface area contributed by atoms with Crippen LogP contribution in [0.4, 0.5) is 5.69 Å². The Morgan fingerprint density at radius 2 is 1.92 bits per heavy atom. The molecule has 0 amide bonds. The first-order valence-electron chi connectivity index (χ1n) is 8.12. The minimum Gasteiger partial charge on any atom is -1.00 e. The van der Waals surface area contributed by atoms with Gasteiger partial charge in [-0.3, -0.25) is 9.62 Å². The number of benzene rings is 1. The minimum absolute atomic E-state index is 0. The van der Waals surface area contributed by atoms with E-state index in [0.29, 0.717) is 17.9 Å². The van der Waals surface area contributed by atoms with Gasteiger partial charge >= 0.3 is 0 Å². The lowest BCUT2D eigenvalue weighted by Crippen LogP contribution is -3.00. The normalized spacial score (nSPS) is 17.6. The molecule has 1 heterocycles. The number of hydrogen-bond acceptors (Lipinski definition) is 5. The molecule has 0 radical (unpaired) electrons. The van der Waals surface area contributed by atoms with Gasteiger partial charge in [0.1, 0.15) is 11.5 Å².